The van der Waals surface area contributed by atoms with Gasteiger partial charge in [0, 0.05) is 16.9 Å². The van der Waals surface area contributed by atoms with Crippen LogP contribution in [0.2, 0.25) is 0 Å². The lowest BCUT2D eigenvalue weighted by atomic mass is 9.67. The van der Waals surface area contributed by atoms with Crippen molar-refractivity contribution in [3.05, 3.63) is 307 Å². The maximum absolute atomic E-state index is 2.88. The Morgan fingerprint density at radius 2 is 0.725 bits per heavy atom. The molecule has 2 heteroatoms. The predicted molar refractivity (Wildman–Crippen MR) is 292 cm³/mol. The van der Waals surface area contributed by atoms with Crippen LogP contribution in [0.5, 0.6) is 0 Å². The minimum absolute atomic E-state index is 0.557. The number of hydrogen-bond donors (Lipinski definition) is 0. The Balaban J connectivity index is 1.12. The van der Waals surface area contributed by atoms with Crippen LogP contribution in [-0.4, -0.2) is 8.07 Å². The van der Waals surface area contributed by atoms with Crippen molar-refractivity contribution in [3.63, 3.8) is 0 Å². The van der Waals surface area contributed by atoms with Crippen molar-refractivity contribution in [2.24, 2.45) is 0 Å². The lowest BCUT2D eigenvalue weighted by molar-refractivity contribution is 0.768. The molecule has 324 valence electrons. The molecule has 0 atom stereocenters. The Labute approximate surface area is 405 Å². The second-order valence-electron chi connectivity index (χ2n) is 18.3. The lowest BCUT2D eigenvalue weighted by Gasteiger charge is -2.36. The quantitative estimate of drug-likeness (QED) is 0.131. The van der Waals surface area contributed by atoms with E-state index in [2.05, 4.69) is 290 Å². The van der Waals surface area contributed by atoms with Crippen molar-refractivity contribution in [1.29, 1.82) is 0 Å². The molecule has 11 aromatic rings. The summed E-state index contributed by atoms with van der Waals surface area (Å²) in [5.74, 6) is 0. The molecule has 1 aliphatic carbocycles. The zero-order valence-electron chi connectivity index (χ0n) is 38.1. The van der Waals surface area contributed by atoms with Gasteiger partial charge in [0.25, 0.3) is 0 Å². The molecule has 1 aliphatic heterocycles. The third kappa shape index (κ3) is 6.30. The molecule has 0 aromatic heterocycles. The van der Waals surface area contributed by atoms with Gasteiger partial charge in [0.2, 0.25) is 0 Å². The van der Waals surface area contributed by atoms with E-state index in [-0.39, 0.29) is 0 Å². The van der Waals surface area contributed by atoms with E-state index in [0.717, 1.165) is 17.1 Å². The second kappa shape index (κ2) is 16.6. The van der Waals surface area contributed by atoms with Crippen LogP contribution < -0.4 is 25.6 Å². The molecule has 0 unspecified atom stereocenters. The molecular weight excluding hydrogens is 847 g/mol. The van der Waals surface area contributed by atoms with Gasteiger partial charge in [0.1, 0.15) is 0 Å². The third-order valence-corrected chi connectivity index (χ3v) is 19.7. The Morgan fingerprint density at radius 3 is 1.33 bits per heavy atom. The minimum atomic E-state index is -2.88. The number of benzene rings is 11. The van der Waals surface area contributed by atoms with Crippen molar-refractivity contribution in [2.75, 3.05) is 4.90 Å². The van der Waals surface area contributed by atoms with E-state index in [0.29, 0.717) is 0 Å². The minimum Gasteiger partial charge on any atom is -0.310 e. The van der Waals surface area contributed by atoms with Crippen LogP contribution in [0.4, 0.5) is 17.1 Å². The largest absolute Gasteiger partial charge is 0.310 e. The lowest BCUT2D eigenvalue weighted by Crippen LogP contribution is -2.72. The first kappa shape index (κ1) is 40.7. The average Bonchev–Trinajstić information content (AvgIpc) is 3.91. The summed E-state index contributed by atoms with van der Waals surface area (Å²) < 4.78 is 0. The van der Waals surface area contributed by atoms with Gasteiger partial charge in [-0.1, -0.05) is 255 Å². The molecule has 1 nitrogen and oxygen atoms in total. The molecule has 0 spiro atoms. The van der Waals surface area contributed by atoms with Crippen molar-refractivity contribution >= 4 is 45.9 Å². The fraction of sp³-hybridized carbons (Fsp3) is 0.0149. The van der Waals surface area contributed by atoms with Crippen molar-refractivity contribution < 1.29 is 0 Å². The molecule has 0 radical (unpaired) electrons. The van der Waals surface area contributed by atoms with E-state index in [9.17, 15) is 0 Å². The summed E-state index contributed by atoms with van der Waals surface area (Å²) in [6, 6.07) is 107. The van der Waals surface area contributed by atoms with Crippen molar-refractivity contribution in [3.8, 4) is 44.5 Å². The van der Waals surface area contributed by atoms with E-state index >= 15 is 0 Å². The van der Waals surface area contributed by atoms with E-state index in [4.69, 9.17) is 0 Å². The highest BCUT2D eigenvalue weighted by molar-refractivity contribution is 7.22. The van der Waals surface area contributed by atoms with Gasteiger partial charge in [-0.15, -0.1) is 0 Å². The summed E-state index contributed by atoms with van der Waals surface area (Å²) in [5, 5.41) is 5.59. The third-order valence-electron chi connectivity index (χ3n) is 14.8. The van der Waals surface area contributed by atoms with Gasteiger partial charge < -0.3 is 4.90 Å². The molecule has 0 saturated heterocycles. The molecule has 2 aliphatic rings. The Kier molecular flexibility index (Phi) is 9.81. The average molecular weight is 894 g/mol. The number of anilines is 3. The highest BCUT2D eigenvalue weighted by Gasteiger charge is 2.49. The Bertz CT molecular complexity index is 3560. The number of hydrogen-bond acceptors (Lipinski definition) is 1. The number of fused-ring (bicyclic) bond motifs is 6. The van der Waals surface area contributed by atoms with E-state index < -0.39 is 13.5 Å². The normalized spacial score (nSPS) is 13.4. The maximum Gasteiger partial charge on any atom is 0.180 e. The number of nitrogens with zero attached hydrogens (tertiary/aromatic N) is 1. The molecule has 0 fully saturated rings. The predicted octanol–water partition coefficient (Wildman–Crippen LogP) is 14.2. The van der Waals surface area contributed by atoms with Crippen LogP contribution in [0.15, 0.2) is 285 Å². The molecule has 0 amide bonds. The zero-order chi connectivity index (χ0) is 45.8. The SMILES string of the molecule is c1ccc(-c2ccc(N(c3ccc4c(c3)C(c3ccccc3)(c3ccccc3)c3ccccc3-4)c3cc([Si]4(c5ccccc5)c5ccccc5-c5ccccc54)ccc3-c3ccccc3)cc2)cc1. The first-order chi connectivity index (χ1) is 34.2. The highest BCUT2D eigenvalue weighted by atomic mass is 28.3. The topological polar surface area (TPSA) is 3.24 Å². The molecule has 0 bridgehead atoms. The summed E-state index contributed by atoms with van der Waals surface area (Å²) in [6.45, 7) is 0. The fourth-order valence-electron chi connectivity index (χ4n) is 12.0. The van der Waals surface area contributed by atoms with Gasteiger partial charge in [0.05, 0.1) is 11.1 Å². The van der Waals surface area contributed by atoms with Crippen LogP contribution in [0.25, 0.3) is 44.5 Å². The van der Waals surface area contributed by atoms with Gasteiger partial charge in [-0.3, -0.25) is 0 Å². The van der Waals surface area contributed by atoms with E-state index in [1.54, 1.807) is 0 Å². The first-order valence-electron chi connectivity index (χ1n) is 24.0. The van der Waals surface area contributed by atoms with Gasteiger partial charge in [-0.05, 0) is 112 Å². The molecule has 69 heavy (non-hydrogen) atoms. The molecule has 0 saturated carbocycles. The van der Waals surface area contributed by atoms with Crippen LogP contribution in [0, 0.1) is 0 Å². The molecular formula is C67H47NSi. The first-order valence-corrected chi connectivity index (χ1v) is 26.0. The standard InChI is InChI=1S/C67H47NSi/c1-6-22-48(23-7-1)49-38-40-53(41-39-49)68(54-42-44-59-58-32-16-19-35-62(58)67(63(59)46-54,51-26-10-3-11-27-51)52-28-12-4-13-29-52)64-47-56(43-45-57(64)50-24-8-2-9-25-50)69(55-30-14-5-15-31-55)65-36-20-17-33-60(65)61-34-18-21-37-66(61)69/h1-47H. The molecule has 13 rings (SSSR count). The van der Waals surface area contributed by atoms with Crippen molar-refractivity contribution in [1.82, 2.24) is 0 Å². The Hall–Kier alpha value is -8.56. The second-order valence-corrected chi connectivity index (χ2v) is 22.0. The highest BCUT2D eigenvalue weighted by Crippen LogP contribution is 2.57. The summed E-state index contributed by atoms with van der Waals surface area (Å²) in [6.07, 6.45) is 0. The maximum atomic E-state index is 2.56. The fourth-order valence-corrected chi connectivity index (χ4v) is 17.1. The van der Waals surface area contributed by atoms with Crippen LogP contribution >= 0.6 is 0 Å². The van der Waals surface area contributed by atoms with Gasteiger partial charge in [-0.2, -0.15) is 0 Å². The summed E-state index contributed by atoms with van der Waals surface area (Å²) in [7, 11) is -2.88. The molecule has 1 heterocycles. The van der Waals surface area contributed by atoms with Gasteiger partial charge in [0.15, 0.2) is 8.07 Å². The summed E-state index contributed by atoms with van der Waals surface area (Å²) in [4.78, 5) is 2.55. The van der Waals surface area contributed by atoms with Gasteiger partial charge in [-0.25, -0.2) is 0 Å². The van der Waals surface area contributed by atoms with Crippen LogP contribution in [-0.2, 0) is 5.41 Å². The zero-order valence-corrected chi connectivity index (χ0v) is 39.1. The smallest absolute Gasteiger partial charge is 0.180 e. The Morgan fingerprint density at radius 1 is 0.275 bits per heavy atom. The summed E-state index contributed by atoms with van der Waals surface area (Å²) >= 11 is 0. The monoisotopic (exact) mass is 893 g/mol. The van der Waals surface area contributed by atoms with Crippen LogP contribution in [0.3, 0.4) is 0 Å². The van der Waals surface area contributed by atoms with Crippen LogP contribution in [0.1, 0.15) is 22.3 Å². The van der Waals surface area contributed by atoms with E-state index in [1.807, 2.05) is 0 Å². The van der Waals surface area contributed by atoms with Crippen molar-refractivity contribution in [2.45, 2.75) is 5.41 Å². The molecule has 11 aromatic carbocycles. The van der Waals surface area contributed by atoms with Gasteiger partial charge >= 0.3 is 0 Å². The van der Waals surface area contributed by atoms with E-state index in [1.165, 1.54) is 87.5 Å². The number of rotatable bonds is 9. The summed E-state index contributed by atoms with van der Waals surface area (Å²) in [5.41, 5.74) is 17.8. The molecule has 0 N–H and O–H groups in total.